The Morgan fingerprint density at radius 2 is 2.05 bits per heavy atom. The molecule has 0 aliphatic carbocycles. The van der Waals surface area contributed by atoms with Crippen molar-refractivity contribution in [2.75, 3.05) is 5.32 Å². The van der Waals surface area contributed by atoms with Crippen molar-refractivity contribution in [1.29, 1.82) is 0 Å². The number of esters is 1. The van der Waals surface area contributed by atoms with Crippen LogP contribution < -0.4 is 5.32 Å². The SMILES string of the molecule is CCC(OC(=O)c1ccco1)C(=O)Nc1ccc(C)cc1C. The van der Waals surface area contributed by atoms with Crippen molar-refractivity contribution in [1.82, 2.24) is 0 Å². The second kappa shape index (κ2) is 6.93. The zero-order valence-electron chi connectivity index (χ0n) is 12.9. The second-order valence-electron chi connectivity index (χ2n) is 5.09. The highest BCUT2D eigenvalue weighted by Crippen LogP contribution is 2.17. The minimum absolute atomic E-state index is 0.0813. The maximum atomic E-state index is 12.3. The second-order valence-corrected chi connectivity index (χ2v) is 5.09. The van der Waals surface area contributed by atoms with Crippen molar-refractivity contribution < 1.29 is 18.7 Å². The van der Waals surface area contributed by atoms with E-state index in [1.165, 1.54) is 12.3 Å². The number of hydrogen-bond acceptors (Lipinski definition) is 4. The zero-order valence-corrected chi connectivity index (χ0v) is 12.9. The maximum Gasteiger partial charge on any atom is 0.374 e. The molecule has 5 nitrogen and oxygen atoms in total. The normalized spacial score (nSPS) is 11.8. The molecule has 1 aromatic heterocycles. The first kappa shape index (κ1) is 15.8. The Balaban J connectivity index is 2.04. The molecule has 1 aromatic carbocycles. The van der Waals surface area contributed by atoms with Crippen molar-refractivity contribution in [3.63, 3.8) is 0 Å². The molecule has 116 valence electrons. The molecule has 0 aliphatic heterocycles. The van der Waals surface area contributed by atoms with Gasteiger partial charge in [0.15, 0.2) is 6.10 Å². The summed E-state index contributed by atoms with van der Waals surface area (Å²) in [6, 6.07) is 8.82. The molecule has 0 saturated carbocycles. The lowest BCUT2D eigenvalue weighted by molar-refractivity contribution is -0.124. The van der Waals surface area contributed by atoms with Gasteiger partial charge in [-0.05, 0) is 44.0 Å². The van der Waals surface area contributed by atoms with Crippen LogP contribution in [0.4, 0.5) is 5.69 Å². The van der Waals surface area contributed by atoms with E-state index in [0.29, 0.717) is 12.1 Å². The van der Waals surface area contributed by atoms with Gasteiger partial charge in [-0.2, -0.15) is 0 Å². The van der Waals surface area contributed by atoms with Gasteiger partial charge < -0.3 is 14.5 Å². The summed E-state index contributed by atoms with van der Waals surface area (Å²) in [5.74, 6) is -0.917. The summed E-state index contributed by atoms with van der Waals surface area (Å²) in [5.41, 5.74) is 2.79. The lowest BCUT2D eigenvalue weighted by atomic mass is 10.1. The molecule has 0 radical (unpaired) electrons. The minimum atomic E-state index is -0.863. The number of nitrogens with one attached hydrogen (secondary N) is 1. The molecule has 0 bridgehead atoms. The first-order valence-corrected chi connectivity index (χ1v) is 7.14. The summed E-state index contributed by atoms with van der Waals surface area (Å²) >= 11 is 0. The molecule has 1 unspecified atom stereocenters. The first-order valence-electron chi connectivity index (χ1n) is 7.14. The van der Waals surface area contributed by atoms with E-state index in [1.807, 2.05) is 32.0 Å². The van der Waals surface area contributed by atoms with E-state index in [2.05, 4.69) is 5.32 Å². The van der Waals surface area contributed by atoms with Gasteiger partial charge in [0.05, 0.1) is 6.26 Å². The Bertz CT molecular complexity index is 661. The Morgan fingerprint density at radius 3 is 2.64 bits per heavy atom. The van der Waals surface area contributed by atoms with Crippen molar-refractivity contribution in [3.05, 3.63) is 53.5 Å². The van der Waals surface area contributed by atoms with E-state index < -0.39 is 12.1 Å². The number of amides is 1. The molecule has 1 atom stereocenters. The number of furan rings is 1. The van der Waals surface area contributed by atoms with Crippen LogP contribution in [0.15, 0.2) is 41.0 Å². The van der Waals surface area contributed by atoms with Gasteiger partial charge in [0, 0.05) is 5.69 Å². The van der Waals surface area contributed by atoms with Gasteiger partial charge in [0.25, 0.3) is 5.91 Å². The van der Waals surface area contributed by atoms with Gasteiger partial charge in [0.1, 0.15) is 0 Å². The van der Waals surface area contributed by atoms with Gasteiger partial charge in [-0.15, -0.1) is 0 Å². The predicted octanol–water partition coefficient (Wildman–Crippen LogP) is 3.47. The lowest BCUT2D eigenvalue weighted by Gasteiger charge is -2.16. The Hall–Kier alpha value is -2.56. The van der Waals surface area contributed by atoms with Crippen LogP contribution >= 0.6 is 0 Å². The topological polar surface area (TPSA) is 68.5 Å². The molecule has 1 N–H and O–H groups in total. The van der Waals surface area contributed by atoms with Crippen LogP contribution in [-0.4, -0.2) is 18.0 Å². The Labute approximate surface area is 129 Å². The number of hydrogen-bond donors (Lipinski definition) is 1. The van der Waals surface area contributed by atoms with Gasteiger partial charge in [-0.3, -0.25) is 4.79 Å². The molecule has 1 heterocycles. The van der Waals surface area contributed by atoms with Crippen LogP contribution in [0.2, 0.25) is 0 Å². The van der Waals surface area contributed by atoms with E-state index >= 15 is 0 Å². The average Bonchev–Trinajstić information content (AvgIpc) is 3.01. The van der Waals surface area contributed by atoms with Gasteiger partial charge >= 0.3 is 5.97 Å². The van der Waals surface area contributed by atoms with Crippen LogP contribution in [-0.2, 0) is 9.53 Å². The fraction of sp³-hybridized carbons (Fsp3) is 0.294. The third-order valence-electron chi connectivity index (χ3n) is 3.27. The molecule has 0 aliphatic rings. The smallest absolute Gasteiger partial charge is 0.374 e. The quantitative estimate of drug-likeness (QED) is 0.859. The molecule has 5 heteroatoms. The number of ether oxygens (including phenoxy) is 1. The fourth-order valence-electron chi connectivity index (χ4n) is 2.07. The number of benzene rings is 1. The van der Waals surface area contributed by atoms with Crippen molar-refractivity contribution in [2.45, 2.75) is 33.3 Å². The molecule has 22 heavy (non-hydrogen) atoms. The average molecular weight is 301 g/mol. The molecule has 0 fully saturated rings. The van der Waals surface area contributed by atoms with Crippen molar-refractivity contribution in [3.8, 4) is 0 Å². The van der Waals surface area contributed by atoms with Crippen LogP contribution in [0, 0.1) is 13.8 Å². The van der Waals surface area contributed by atoms with Crippen LogP contribution in [0.5, 0.6) is 0 Å². The van der Waals surface area contributed by atoms with E-state index in [-0.39, 0.29) is 11.7 Å². The highest BCUT2D eigenvalue weighted by molar-refractivity contribution is 5.97. The predicted molar refractivity (Wildman–Crippen MR) is 82.7 cm³/mol. The van der Waals surface area contributed by atoms with Crippen LogP contribution in [0.25, 0.3) is 0 Å². The van der Waals surface area contributed by atoms with E-state index in [4.69, 9.17) is 9.15 Å². The lowest BCUT2D eigenvalue weighted by Crippen LogP contribution is -2.32. The summed E-state index contributed by atoms with van der Waals surface area (Å²) < 4.78 is 10.2. The summed E-state index contributed by atoms with van der Waals surface area (Å²) in [6.07, 6.45) is 0.898. The molecular formula is C17H19NO4. The van der Waals surface area contributed by atoms with E-state index in [1.54, 1.807) is 13.0 Å². The van der Waals surface area contributed by atoms with E-state index in [0.717, 1.165) is 11.1 Å². The third kappa shape index (κ3) is 3.75. The van der Waals surface area contributed by atoms with Crippen molar-refractivity contribution in [2.24, 2.45) is 0 Å². The largest absolute Gasteiger partial charge is 0.457 e. The van der Waals surface area contributed by atoms with Crippen LogP contribution in [0.1, 0.15) is 35.0 Å². The van der Waals surface area contributed by atoms with Crippen LogP contribution in [0.3, 0.4) is 0 Å². The summed E-state index contributed by atoms with van der Waals surface area (Å²) in [6.45, 7) is 5.68. The van der Waals surface area contributed by atoms with E-state index in [9.17, 15) is 9.59 Å². The maximum absolute atomic E-state index is 12.3. The zero-order chi connectivity index (χ0) is 16.1. The molecule has 2 aromatic rings. The first-order chi connectivity index (χ1) is 10.5. The molecular weight excluding hydrogens is 282 g/mol. The molecule has 0 saturated heterocycles. The number of anilines is 1. The standard InChI is InChI=1S/C17H19NO4/c1-4-14(22-17(20)15-6-5-9-21-15)16(19)18-13-8-7-11(2)10-12(13)3/h5-10,14H,4H2,1-3H3,(H,18,19). The Morgan fingerprint density at radius 1 is 1.27 bits per heavy atom. The number of rotatable bonds is 5. The molecule has 2 rings (SSSR count). The highest BCUT2D eigenvalue weighted by Gasteiger charge is 2.23. The summed E-state index contributed by atoms with van der Waals surface area (Å²) in [4.78, 5) is 24.1. The third-order valence-corrected chi connectivity index (χ3v) is 3.27. The highest BCUT2D eigenvalue weighted by atomic mass is 16.6. The number of aryl methyl sites for hydroxylation is 2. The van der Waals surface area contributed by atoms with Gasteiger partial charge in [-0.1, -0.05) is 24.6 Å². The molecule has 0 spiro atoms. The fourth-order valence-corrected chi connectivity index (χ4v) is 2.07. The summed E-state index contributed by atoms with van der Waals surface area (Å²) in [7, 11) is 0. The number of carbonyl (C=O) groups is 2. The van der Waals surface area contributed by atoms with Gasteiger partial charge in [-0.25, -0.2) is 4.79 Å². The molecule has 1 amide bonds. The Kier molecular flexibility index (Phi) is 4.99. The number of carbonyl (C=O) groups excluding carboxylic acids is 2. The summed E-state index contributed by atoms with van der Waals surface area (Å²) in [5, 5.41) is 2.79. The van der Waals surface area contributed by atoms with Gasteiger partial charge in [0.2, 0.25) is 5.76 Å². The monoisotopic (exact) mass is 301 g/mol. The minimum Gasteiger partial charge on any atom is -0.457 e. The van der Waals surface area contributed by atoms with Crippen molar-refractivity contribution >= 4 is 17.6 Å².